The van der Waals surface area contributed by atoms with Gasteiger partial charge in [-0.25, -0.2) is 4.98 Å². The van der Waals surface area contributed by atoms with Gasteiger partial charge in [-0.05, 0) is 43.3 Å². The first-order valence-corrected chi connectivity index (χ1v) is 5.26. The summed E-state index contributed by atoms with van der Waals surface area (Å²) in [6.45, 7) is 1.87. The van der Waals surface area contributed by atoms with Crippen LogP contribution in [0.1, 0.15) is 16.1 Å². The fourth-order valence-electron chi connectivity index (χ4n) is 1.44. The molecule has 0 aliphatic carbocycles. The molecule has 0 saturated heterocycles. The first-order chi connectivity index (χ1) is 8.15. The molecule has 0 aliphatic heterocycles. The van der Waals surface area contributed by atoms with Crippen molar-refractivity contribution in [2.75, 3.05) is 11.1 Å². The van der Waals surface area contributed by atoms with Crippen LogP contribution in [0.4, 0.5) is 11.5 Å². The number of rotatable bonds is 2. The second-order valence-electron chi connectivity index (χ2n) is 3.74. The molecule has 3 N–H and O–H groups in total. The van der Waals surface area contributed by atoms with Gasteiger partial charge in [0.25, 0.3) is 5.91 Å². The van der Waals surface area contributed by atoms with Crippen molar-refractivity contribution >= 4 is 17.4 Å². The Morgan fingerprint density at radius 3 is 2.53 bits per heavy atom. The minimum absolute atomic E-state index is 0.192. The predicted octanol–water partition coefficient (Wildman–Crippen LogP) is 2.22. The van der Waals surface area contributed by atoms with Crippen molar-refractivity contribution in [1.82, 2.24) is 4.98 Å². The lowest BCUT2D eigenvalue weighted by atomic mass is 10.2. The number of pyridine rings is 1. The molecular formula is C13H13N3O. The van der Waals surface area contributed by atoms with Crippen molar-refractivity contribution in [3.8, 4) is 0 Å². The van der Waals surface area contributed by atoms with E-state index in [0.29, 0.717) is 17.1 Å². The Hall–Kier alpha value is -2.36. The number of carbonyl (C=O) groups excluding carboxylic acids is 1. The van der Waals surface area contributed by atoms with Gasteiger partial charge in [-0.1, -0.05) is 6.07 Å². The first-order valence-electron chi connectivity index (χ1n) is 5.26. The van der Waals surface area contributed by atoms with E-state index in [1.807, 2.05) is 19.1 Å². The predicted molar refractivity (Wildman–Crippen MR) is 67.8 cm³/mol. The highest BCUT2D eigenvalue weighted by atomic mass is 16.1. The number of aromatic nitrogens is 1. The van der Waals surface area contributed by atoms with Crippen molar-refractivity contribution in [2.45, 2.75) is 6.92 Å². The standard InChI is InChI=1S/C13H13N3O/c1-9-3-2-4-12(15-9)16-13(17)10-5-7-11(14)8-6-10/h2-8H,14H2,1H3,(H,15,16,17). The highest BCUT2D eigenvalue weighted by Crippen LogP contribution is 2.09. The van der Waals surface area contributed by atoms with Gasteiger partial charge in [0.15, 0.2) is 0 Å². The summed E-state index contributed by atoms with van der Waals surface area (Å²) in [5.41, 5.74) is 7.61. The maximum Gasteiger partial charge on any atom is 0.256 e. The van der Waals surface area contributed by atoms with Gasteiger partial charge in [-0.2, -0.15) is 0 Å². The molecule has 4 nitrogen and oxygen atoms in total. The summed E-state index contributed by atoms with van der Waals surface area (Å²) in [6, 6.07) is 12.2. The quantitative estimate of drug-likeness (QED) is 0.773. The number of amides is 1. The zero-order valence-corrected chi connectivity index (χ0v) is 9.47. The van der Waals surface area contributed by atoms with Gasteiger partial charge in [-0.3, -0.25) is 4.79 Å². The lowest BCUT2D eigenvalue weighted by Crippen LogP contribution is -2.13. The lowest BCUT2D eigenvalue weighted by Gasteiger charge is -2.05. The van der Waals surface area contributed by atoms with Crippen LogP contribution in [0, 0.1) is 6.92 Å². The topological polar surface area (TPSA) is 68.0 Å². The second-order valence-corrected chi connectivity index (χ2v) is 3.74. The molecule has 0 spiro atoms. The van der Waals surface area contributed by atoms with Crippen molar-refractivity contribution in [3.05, 3.63) is 53.7 Å². The Balaban J connectivity index is 2.14. The Morgan fingerprint density at radius 2 is 1.88 bits per heavy atom. The number of nitrogens with two attached hydrogens (primary N) is 1. The average Bonchev–Trinajstić information content (AvgIpc) is 2.29. The SMILES string of the molecule is Cc1cccc(NC(=O)c2ccc(N)cc2)n1. The second kappa shape index (κ2) is 4.65. The molecule has 0 atom stereocenters. The van der Waals surface area contributed by atoms with Crippen LogP contribution >= 0.6 is 0 Å². The average molecular weight is 227 g/mol. The van der Waals surface area contributed by atoms with E-state index >= 15 is 0 Å². The molecule has 2 aromatic rings. The van der Waals surface area contributed by atoms with Gasteiger partial charge in [-0.15, -0.1) is 0 Å². The third-order valence-corrected chi connectivity index (χ3v) is 2.30. The number of hydrogen-bond acceptors (Lipinski definition) is 3. The van der Waals surface area contributed by atoms with Crippen LogP contribution in [0.15, 0.2) is 42.5 Å². The Morgan fingerprint density at radius 1 is 1.18 bits per heavy atom. The van der Waals surface area contributed by atoms with Crippen molar-refractivity contribution in [1.29, 1.82) is 0 Å². The van der Waals surface area contributed by atoms with Gasteiger partial charge in [0, 0.05) is 16.9 Å². The fraction of sp³-hybridized carbons (Fsp3) is 0.0769. The van der Waals surface area contributed by atoms with E-state index in [2.05, 4.69) is 10.3 Å². The number of hydrogen-bond donors (Lipinski definition) is 2. The van der Waals surface area contributed by atoms with Gasteiger partial charge < -0.3 is 11.1 Å². The molecule has 86 valence electrons. The minimum Gasteiger partial charge on any atom is -0.399 e. The number of nitrogens with zero attached hydrogens (tertiary/aromatic N) is 1. The number of aryl methyl sites for hydroxylation is 1. The van der Waals surface area contributed by atoms with Gasteiger partial charge in [0.05, 0.1) is 0 Å². The van der Waals surface area contributed by atoms with Gasteiger partial charge in [0.1, 0.15) is 5.82 Å². The summed E-state index contributed by atoms with van der Waals surface area (Å²) in [6.07, 6.45) is 0. The van der Waals surface area contributed by atoms with Crippen LogP contribution < -0.4 is 11.1 Å². The van der Waals surface area contributed by atoms with E-state index < -0.39 is 0 Å². The monoisotopic (exact) mass is 227 g/mol. The third kappa shape index (κ3) is 2.81. The normalized spacial score (nSPS) is 9.94. The molecule has 0 aliphatic rings. The maximum atomic E-state index is 11.8. The van der Waals surface area contributed by atoms with Crippen LogP contribution in [0.25, 0.3) is 0 Å². The van der Waals surface area contributed by atoms with Crippen molar-refractivity contribution < 1.29 is 4.79 Å². The van der Waals surface area contributed by atoms with E-state index in [-0.39, 0.29) is 5.91 Å². The first kappa shape index (κ1) is 11.1. The zero-order valence-electron chi connectivity index (χ0n) is 9.47. The Bertz CT molecular complexity index is 535. The van der Waals surface area contributed by atoms with Crippen LogP contribution in [0.2, 0.25) is 0 Å². The Kier molecular flexibility index (Phi) is 3.05. The highest BCUT2D eigenvalue weighted by Gasteiger charge is 2.06. The zero-order chi connectivity index (χ0) is 12.3. The van der Waals surface area contributed by atoms with Crippen molar-refractivity contribution in [3.63, 3.8) is 0 Å². The van der Waals surface area contributed by atoms with Crippen LogP contribution in [0.5, 0.6) is 0 Å². The molecular weight excluding hydrogens is 214 g/mol. The molecule has 0 saturated carbocycles. The lowest BCUT2D eigenvalue weighted by molar-refractivity contribution is 0.102. The van der Waals surface area contributed by atoms with Crippen LogP contribution in [0.3, 0.4) is 0 Å². The van der Waals surface area contributed by atoms with Crippen molar-refractivity contribution in [2.24, 2.45) is 0 Å². The number of benzene rings is 1. The molecule has 17 heavy (non-hydrogen) atoms. The molecule has 2 rings (SSSR count). The summed E-state index contributed by atoms with van der Waals surface area (Å²) in [7, 11) is 0. The summed E-state index contributed by atoms with van der Waals surface area (Å²) >= 11 is 0. The van der Waals surface area contributed by atoms with Gasteiger partial charge in [0.2, 0.25) is 0 Å². The Labute approximate surface area is 99.5 Å². The minimum atomic E-state index is -0.192. The van der Waals surface area contributed by atoms with Crippen LogP contribution in [-0.2, 0) is 0 Å². The van der Waals surface area contributed by atoms with E-state index in [0.717, 1.165) is 5.69 Å². The summed E-state index contributed by atoms with van der Waals surface area (Å²) < 4.78 is 0. The number of nitrogens with one attached hydrogen (secondary N) is 1. The summed E-state index contributed by atoms with van der Waals surface area (Å²) in [4.78, 5) is 16.0. The summed E-state index contributed by atoms with van der Waals surface area (Å²) in [5, 5.41) is 2.73. The maximum absolute atomic E-state index is 11.8. The third-order valence-electron chi connectivity index (χ3n) is 2.30. The van der Waals surface area contributed by atoms with E-state index in [1.165, 1.54) is 0 Å². The number of carbonyl (C=O) groups is 1. The molecule has 1 aromatic carbocycles. The van der Waals surface area contributed by atoms with Gasteiger partial charge >= 0.3 is 0 Å². The molecule has 0 unspecified atom stereocenters. The molecule has 1 aromatic heterocycles. The largest absolute Gasteiger partial charge is 0.399 e. The van der Waals surface area contributed by atoms with E-state index in [4.69, 9.17) is 5.73 Å². The molecule has 4 heteroatoms. The molecule has 0 radical (unpaired) electrons. The molecule has 0 fully saturated rings. The van der Waals surface area contributed by atoms with E-state index in [1.54, 1.807) is 30.3 Å². The van der Waals surface area contributed by atoms with Crippen LogP contribution in [-0.4, -0.2) is 10.9 Å². The molecule has 0 bridgehead atoms. The molecule has 1 heterocycles. The highest BCUT2D eigenvalue weighted by molar-refractivity contribution is 6.03. The number of anilines is 2. The fourth-order valence-corrected chi connectivity index (χ4v) is 1.44. The van der Waals surface area contributed by atoms with E-state index in [9.17, 15) is 4.79 Å². The molecule has 1 amide bonds. The smallest absolute Gasteiger partial charge is 0.256 e. The summed E-state index contributed by atoms with van der Waals surface area (Å²) in [5.74, 6) is 0.356. The number of nitrogen functional groups attached to an aromatic ring is 1.